The fourth-order valence-corrected chi connectivity index (χ4v) is 4.83. The van der Waals surface area contributed by atoms with E-state index in [1.54, 1.807) is 22.5 Å². The lowest BCUT2D eigenvalue weighted by Crippen LogP contribution is -2.54. The molecule has 2 aromatic rings. The first-order valence-electron chi connectivity index (χ1n) is 6.50. The Bertz CT molecular complexity index is 694. The maximum absolute atomic E-state index is 12.4. The number of thiophene rings is 1. The molecule has 0 saturated carbocycles. The van der Waals surface area contributed by atoms with Crippen molar-refractivity contribution in [1.82, 2.24) is 15.1 Å². The highest BCUT2D eigenvalue weighted by molar-refractivity contribution is 7.99. The summed E-state index contributed by atoms with van der Waals surface area (Å²) in [6, 6.07) is 1.79. The summed E-state index contributed by atoms with van der Waals surface area (Å²) in [7, 11) is 1.83. The van der Waals surface area contributed by atoms with Crippen LogP contribution in [0.25, 0.3) is 10.2 Å². The third-order valence-corrected chi connectivity index (χ3v) is 6.09. The minimum absolute atomic E-state index is 0.319. The van der Waals surface area contributed by atoms with Crippen molar-refractivity contribution < 1.29 is 14.7 Å². The van der Waals surface area contributed by atoms with Crippen LogP contribution in [0.3, 0.4) is 0 Å². The number of rotatable bonds is 3. The van der Waals surface area contributed by atoms with Crippen LogP contribution in [0.4, 0.5) is 0 Å². The molecule has 0 aromatic carbocycles. The standard InChI is InChI=1S/C13H15N3O3S2/c1-7-8-5-9(21-11(8)16(2)15-7)10(17)14-13(12(18)19)3-4-20-6-13/h5H,3-4,6H2,1-2H3,(H,14,17)(H,18,19)/t13-/m0/s1. The molecule has 1 saturated heterocycles. The lowest BCUT2D eigenvalue weighted by molar-refractivity contribution is -0.143. The largest absolute Gasteiger partial charge is 0.479 e. The van der Waals surface area contributed by atoms with Crippen LogP contribution in [0.1, 0.15) is 21.8 Å². The van der Waals surface area contributed by atoms with Gasteiger partial charge in [0.1, 0.15) is 10.4 Å². The number of carbonyl (C=O) groups is 2. The van der Waals surface area contributed by atoms with Gasteiger partial charge in [-0.1, -0.05) is 0 Å². The van der Waals surface area contributed by atoms with Crippen LogP contribution in [0.5, 0.6) is 0 Å². The Hall–Kier alpha value is -1.54. The normalized spacial score (nSPS) is 21.8. The maximum Gasteiger partial charge on any atom is 0.330 e. The number of carbonyl (C=O) groups excluding carboxylic acids is 1. The van der Waals surface area contributed by atoms with E-state index in [0.717, 1.165) is 21.7 Å². The predicted octanol–water partition coefficient (Wildman–Crippen LogP) is 1.63. The van der Waals surface area contributed by atoms with Gasteiger partial charge >= 0.3 is 5.97 Å². The minimum atomic E-state index is -1.13. The number of nitrogens with zero attached hydrogens (tertiary/aromatic N) is 2. The number of carboxylic acid groups (broad SMARTS) is 1. The summed E-state index contributed by atoms with van der Waals surface area (Å²) in [4.78, 5) is 25.3. The number of nitrogens with one attached hydrogen (secondary N) is 1. The van der Waals surface area contributed by atoms with Crippen LogP contribution in [0, 0.1) is 6.92 Å². The van der Waals surface area contributed by atoms with Crippen molar-refractivity contribution in [2.75, 3.05) is 11.5 Å². The number of aromatic nitrogens is 2. The third kappa shape index (κ3) is 2.32. The molecule has 1 aliphatic heterocycles. The number of fused-ring (bicyclic) bond motifs is 1. The lowest BCUT2D eigenvalue weighted by Gasteiger charge is -2.24. The molecule has 0 radical (unpaired) electrons. The Morgan fingerprint density at radius 3 is 2.86 bits per heavy atom. The molecule has 6 nitrogen and oxygen atoms in total. The van der Waals surface area contributed by atoms with Gasteiger partial charge in [0.2, 0.25) is 0 Å². The first-order valence-corrected chi connectivity index (χ1v) is 8.47. The Labute approximate surface area is 129 Å². The number of aliphatic carboxylic acids is 1. The fraction of sp³-hybridized carbons (Fsp3) is 0.462. The van der Waals surface area contributed by atoms with E-state index < -0.39 is 11.5 Å². The van der Waals surface area contributed by atoms with Gasteiger partial charge < -0.3 is 10.4 Å². The third-order valence-electron chi connectivity index (χ3n) is 3.70. The molecule has 3 heterocycles. The Balaban J connectivity index is 1.90. The van der Waals surface area contributed by atoms with Crippen molar-refractivity contribution >= 4 is 45.2 Å². The molecule has 1 fully saturated rings. The van der Waals surface area contributed by atoms with Crippen molar-refractivity contribution in [3.8, 4) is 0 Å². The van der Waals surface area contributed by atoms with E-state index in [0.29, 0.717) is 17.1 Å². The SMILES string of the molecule is Cc1nn(C)c2sc(C(=O)N[C@@]3(C(=O)O)CCSC3)cc12. The number of hydrogen-bond acceptors (Lipinski definition) is 5. The molecule has 3 rings (SSSR count). The Morgan fingerprint density at radius 1 is 1.52 bits per heavy atom. The molecule has 8 heteroatoms. The van der Waals surface area contributed by atoms with Crippen LogP contribution in [-0.4, -0.2) is 43.8 Å². The molecule has 21 heavy (non-hydrogen) atoms. The molecule has 1 atom stereocenters. The molecular formula is C13H15N3O3S2. The molecule has 1 amide bonds. The highest BCUT2D eigenvalue weighted by Gasteiger charge is 2.43. The van der Waals surface area contributed by atoms with Crippen LogP contribution in [0.2, 0.25) is 0 Å². The summed E-state index contributed by atoms with van der Waals surface area (Å²) in [6.07, 6.45) is 0.463. The molecule has 0 unspecified atom stereocenters. The number of amides is 1. The second-order valence-electron chi connectivity index (χ2n) is 5.18. The van der Waals surface area contributed by atoms with Crippen LogP contribution < -0.4 is 5.32 Å². The molecule has 2 aromatic heterocycles. The zero-order chi connectivity index (χ0) is 15.2. The number of aryl methyl sites for hydroxylation is 2. The maximum atomic E-state index is 12.4. The quantitative estimate of drug-likeness (QED) is 0.896. The first-order chi connectivity index (χ1) is 9.93. The monoisotopic (exact) mass is 325 g/mol. The molecule has 0 spiro atoms. The van der Waals surface area contributed by atoms with Crippen molar-refractivity contribution in [2.45, 2.75) is 18.9 Å². The summed E-state index contributed by atoms with van der Waals surface area (Å²) in [5.41, 5.74) is -0.266. The van der Waals surface area contributed by atoms with E-state index in [-0.39, 0.29) is 5.91 Å². The van der Waals surface area contributed by atoms with Crippen molar-refractivity contribution in [1.29, 1.82) is 0 Å². The molecule has 112 valence electrons. The van der Waals surface area contributed by atoms with E-state index in [9.17, 15) is 14.7 Å². The van der Waals surface area contributed by atoms with Crippen molar-refractivity contribution in [3.63, 3.8) is 0 Å². The van der Waals surface area contributed by atoms with Gasteiger partial charge in [-0.15, -0.1) is 11.3 Å². The zero-order valence-electron chi connectivity index (χ0n) is 11.7. The first kappa shape index (κ1) is 14.4. The van der Waals surface area contributed by atoms with E-state index in [1.807, 2.05) is 14.0 Å². The topological polar surface area (TPSA) is 84.2 Å². The average Bonchev–Trinajstić information content (AvgIpc) is 3.09. The highest BCUT2D eigenvalue weighted by Crippen LogP contribution is 2.31. The van der Waals surface area contributed by atoms with E-state index in [1.165, 1.54) is 11.3 Å². The number of thioether (sulfide) groups is 1. The van der Waals surface area contributed by atoms with E-state index in [4.69, 9.17) is 0 Å². The smallest absolute Gasteiger partial charge is 0.330 e. The minimum Gasteiger partial charge on any atom is -0.479 e. The van der Waals surface area contributed by atoms with Crippen LogP contribution in [-0.2, 0) is 11.8 Å². The van der Waals surface area contributed by atoms with Gasteiger partial charge in [0.25, 0.3) is 5.91 Å². The second-order valence-corrected chi connectivity index (χ2v) is 7.32. The van der Waals surface area contributed by atoms with E-state index in [2.05, 4.69) is 10.4 Å². The number of hydrogen-bond donors (Lipinski definition) is 2. The summed E-state index contributed by atoms with van der Waals surface area (Å²) in [5, 5.41) is 17.4. The molecule has 0 aliphatic carbocycles. The molecule has 1 aliphatic rings. The average molecular weight is 325 g/mol. The lowest BCUT2D eigenvalue weighted by atomic mass is 9.99. The van der Waals surface area contributed by atoms with E-state index >= 15 is 0 Å². The van der Waals surface area contributed by atoms with Gasteiger partial charge in [-0.05, 0) is 25.2 Å². The van der Waals surface area contributed by atoms with Gasteiger partial charge in [0, 0.05) is 18.2 Å². The zero-order valence-corrected chi connectivity index (χ0v) is 13.3. The van der Waals surface area contributed by atoms with Gasteiger partial charge in [-0.2, -0.15) is 16.9 Å². The van der Waals surface area contributed by atoms with Crippen molar-refractivity contribution in [2.24, 2.45) is 7.05 Å². The summed E-state index contributed by atoms with van der Waals surface area (Å²) in [5.74, 6) is -0.109. The summed E-state index contributed by atoms with van der Waals surface area (Å²) in [6.45, 7) is 1.89. The van der Waals surface area contributed by atoms with Crippen LogP contribution >= 0.6 is 23.1 Å². The highest BCUT2D eigenvalue weighted by atomic mass is 32.2. The fourth-order valence-electron chi connectivity index (χ4n) is 2.48. The molecule has 0 bridgehead atoms. The number of carboxylic acids is 1. The van der Waals surface area contributed by atoms with Crippen LogP contribution in [0.15, 0.2) is 6.07 Å². The van der Waals surface area contributed by atoms with Crippen molar-refractivity contribution in [3.05, 3.63) is 16.6 Å². The molecule has 2 N–H and O–H groups in total. The summed E-state index contributed by atoms with van der Waals surface area (Å²) >= 11 is 2.89. The Kier molecular flexibility index (Phi) is 3.45. The second kappa shape index (κ2) is 5.03. The van der Waals surface area contributed by atoms with Gasteiger partial charge in [-0.25, -0.2) is 4.79 Å². The van der Waals surface area contributed by atoms with Gasteiger partial charge in [-0.3, -0.25) is 9.48 Å². The van der Waals surface area contributed by atoms with Gasteiger partial charge in [0.05, 0.1) is 10.6 Å². The molecular weight excluding hydrogens is 310 g/mol. The predicted molar refractivity (Wildman–Crippen MR) is 83.1 cm³/mol. The summed E-state index contributed by atoms with van der Waals surface area (Å²) < 4.78 is 1.74. The Morgan fingerprint density at radius 2 is 2.29 bits per heavy atom. The van der Waals surface area contributed by atoms with Gasteiger partial charge in [0.15, 0.2) is 0 Å².